The van der Waals surface area contributed by atoms with E-state index < -0.39 is 23.5 Å². The Morgan fingerprint density at radius 1 is 0.967 bits per heavy atom. The summed E-state index contributed by atoms with van der Waals surface area (Å²) in [6.45, 7) is 0. The zero-order chi connectivity index (χ0) is 21.5. The number of hydrazone groups is 1. The van der Waals surface area contributed by atoms with E-state index in [0.29, 0.717) is 5.56 Å². The average molecular weight is 410 g/mol. The maximum Gasteiger partial charge on any atom is 0.343 e. The van der Waals surface area contributed by atoms with Crippen LogP contribution in [0.15, 0.2) is 71.8 Å². The van der Waals surface area contributed by atoms with Crippen molar-refractivity contribution in [3.8, 4) is 11.5 Å². The van der Waals surface area contributed by atoms with Crippen molar-refractivity contribution in [2.24, 2.45) is 5.10 Å². The van der Waals surface area contributed by atoms with Gasteiger partial charge in [-0.1, -0.05) is 12.1 Å². The summed E-state index contributed by atoms with van der Waals surface area (Å²) in [6, 6.07) is 15.1. The fraction of sp³-hybridized carbons (Fsp3) is 0.0455. The van der Waals surface area contributed by atoms with E-state index in [1.807, 2.05) is 0 Å². The molecule has 0 aliphatic heterocycles. The van der Waals surface area contributed by atoms with Crippen molar-refractivity contribution in [2.45, 2.75) is 0 Å². The van der Waals surface area contributed by atoms with Gasteiger partial charge in [0.25, 0.3) is 5.91 Å². The van der Waals surface area contributed by atoms with E-state index in [-0.39, 0.29) is 22.6 Å². The Bertz CT molecular complexity index is 1100. The number of amides is 1. The van der Waals surface area contributed by atoms with Gasteiger partial charge in [-0.2, -0.15) is 5.10 Å². The molecule has 0 spiro atoms. The highest BCUT2D eigenvalue weighted by atomic mass is 19.1. The number of nitrogens with one attached hydrogen (secondary N) is 1. The predicted molar refractivity (Wildman–Crippen MR) is 106 cm³/mol. The fourth-order valence-electron chi connectivity index (χ4n) is 2.46. The Kier molecular flexibility index (Phi) is 6.49. The van der Waals surface area contributed by atoms with Crippen LogP contribution in [0.4, 0.5) is 8.78 Å². The van der Waals surface area contributed by atoms with E-state index in [0.717, 1.165) is 12.1 Å². The van der Waals surface area contributed by atoms with Crippen LogP contribution in [0.1, 0.15) is 26.3 Å². The van der Waals surface area contributed by atoms with Gasteiger partial charge in [0.15, 0.2) is 11.5 Å². The van der Waals surface area contributed by atoms with Gasteiger partial charge in [0, 0.05) is 0 Å². The van der Waals surface area contributed by atoms with Crippen LogP contribution in [0.2, 0.25) is 0 Å². The summed E-state index contributed by atoms with van der Waals surface area (Å²) in [4.78, 5) is 24.1. The standard InChI is InChI=1S/C22H16F2N2O4/c1-29-20-12-14(13-25-26-21(27)17-4-2-3-5-18(17)24)6-11-19(20)30-22(28)15-7-9-16(23)10-8-15/h2-13H,1H3,(H,26,27)/b25-13-. The van der Waals surface area contributed by atoms with Gasteiger partial charge < -0.3 is 9.47 Å². The zero-order valence-corrected chi connectivity index (χ0v) is 15.8. The van der Waals surface area contributed by atoms with E-state index in [4.69, 9.17) is 9.47 Å². The predicted octanol–water partition coefficient (Wildman–Crippen LogP) is 3.96. The minimum absolute atomic E-state index is 0.129. The zero-order valence-electron chi connectivity index (χ0n) is 15.8. The summed E-state index contributed by atoms with van der Waals surface area (Å²) in [5, 5.41) is 3.79. The third-order valence-electron chi connectivity index (χ3n) is 3.97. The van der Waals surface area contributed by atoms with Crippen LogP contribution in [0.3, 0.4) is 0 Å². The van der Waals surface area contributed by atoms with Crippen molar-refractivity contribution >= 4 is 18.1 Å². The molecule has 0 bridgehead atoms. The lowest BCUT2D eigenvalue weighted by atomic mass is 10.2. The molecule has 0 aliphatic rings. The molecule has 1 amide bonds. The number of esters is 1. The lowest BCUT2D eigenvalue weighted by Crippen LogP contribution is -2.18. The Morgan fingerprint density at radius 3 is 2.40 bits per heavy atom. The van der Waals surface area contributed by atoms with E-state index in [1.54, 1.807) is 12.1 Å². The number of rotatable bonds is 6. The molecule has 1 N–H and O–H groups in total. The minimum Gasteiger partial charge on any atom is -0.493 e. The molecule has 0 fully saturated rings. The number of nitrogens with zero attached hydrogens (tertiary/aromatic N) is 1. The second-order valence-electron chi connectivity index (χ2n) is 5.99. The number of hydrogen-bond donors (Lipinski definition) is 1. The molecular formula is C22H16F2N2O4. The largest absolute Gasteiger partial charge is 0.493 e. The molecule has 3 aromatic rings. The number of carbonyl (C=O) groups excluding carboxylic acids is 2. The van der Waals surface area contributed by atoms with Gasteiger partial charge >= 0.3 is 5.97 Å². The molecule has 3 rings (SSSR count). The van der Waals surface area contributed by atoms with E-state index >= 15 is 0 Å². The third-order valence-corrected chi connectivity index (χ3v) is 3.97. The van der Waals surface area contributed by atoms with E-state index in [2.05, 4.69) is 10.5 Å². The summed E-state index contributed by atoms with van der Waals surface area (Å²) in [7, 11) is 1.39. The highest BCUT2D eigenvalue weighted by Crippen LogP contribution is 2.28. The Morgan fingerprint density at radius 2 is 1.70 bits per heavy atom. The van der Waals surface area contributed by atoms with E-state index in [1.165, 1.54) is 55.8 Å². The molecule has 0 saturated heterocycles. The molecular weight excluding hydrogens is 394 g/mol. The monoisotopic (exact) mass is 410 g/mol. The summed E-state index contributed by atoms with van der Waals surface area (Å²) in [6.07, 6.45) is 1.33. The van der Waals surface area contributed by atoms with Crippen molar-refractivity contribution in [3.05, 3.63) is 95.1 Å². The maximum atomic E-state index is 13.6. The lowest BCUT2D eigenvalue weighted by Gasteiger charge is -2.10. The van der Waals surface area contributed by atoms with Crippen LogP contribution in [0.25, 0.3) is 0 Å². The Labute approximate surface area is 170 Å². The van der Waals surface area contributed by atoms with Crippen molar-refractivity contribution in [1.29, 1.82) is 0 Å². The minimum atomic E-state index is -0.693. The van der Waals surface area contributed by atoms with Gasteiger partial charge in [0.05, 0.1) is 24.5 Å². The molecule has 8 heteroatoms. The van der Waals surface area contributed by atoms with Gasteiger partial charge in [-0.25, -0.2) is 19.0 Å². The molecule has 0 atom stereocenters. The molecule has 0 aliphatic carbocycles. The van der Waals surface area contributed by atoms with Gasteiger partial charge in [0.1, 0.15) is 11.6 Å². The lowest BCUT2D eigenvalue weighted by molar-refractivity contribution is 0.0729. The first-order valence-corrected chi connectivity index (χ1v) is 8.71. The van der Waals surface area contributed by atoms with Gasteiger partial charge in [0.2, 0.25) is 0 Å². The van der Waals surface area contributed by atoms with Crippen LogP contribution in [-0.2, 0) is 0 Å². The quantitative estimate of drug-likeness (QED) is 0.289. The van der Waals surface area contributed by atoms with Crippen molar-refractivity contribution in [3.63, 3.8) is 0 Å². The van der Waals surface area contributed by atoms with Crippen LogP contribution in [-0.4, -0.2) is 25.2 Å². The summed E-state index contributed by atoms with van der Waals surface area (Å²) in [5.41, 5.74) is 2.81. The second-order valence-corrected chi connectivity index (χ2v) is 5.99. The number of carbonyl (C=O) groups is 2. The third kappa shape index (κ3) is 5.05. The number of hydrogen-bond acceptors (Lipinski definition) is 5. The average Bonchev–Trinajstić information content (AvgIpc) is 2.75. The first-order chi connectivity index (χ1) is 14.5. The van der Waals surface area contributed by atoms with Crippen molar-refractivity contribution < 1.29 is 27.8 Å². The topological polar surface area (TPSA) is 77.0 Å². The van der Waals surface area contributed by atoms with Crippen LogP contribution in [0, 0.1) is 11.6 Å². The highest BCUT2D eigenvalue weighted by molar-refractivity contribution is 5.95. The molecule has 0 aromatic heterocycles. The molecule has 30 heavy (non-hydrogen) atoms. The molecule has 6 nitrogen and oxygen atoms in total. The van der Waals surface area contributed by atoms with E-state index in [9.17, 15) is 18.4 Å². The maximum absolute atomic E-state index is 13.6. The number of ether oxygens (including phenoxy) is 2. The molecule has 0 saturated carbocycles. The first-order valence-electron chi connectivity index (χ1n) is 8.71. The SMILES string of the molecule is COc1cc(/C=N\NC(=O)c2ccccc2F)ccc1OC(=O)c1ccc(F)cc1. The highest BCUT2D eigenvalue weighted by Gasteiger charge is 2.13. The first kappa shape index (κ1) is 20.7. The van der Waals surface area contributed by atoms with Gasteiger partial charge in [-0.15, -0.1) is 0 Å². The second kappa shape index (κ2) is 9.42. The number of halogens is 2. The molecule has 152 valence electrons. The van der Waals surface area contributed by atoms with Crippen molar-refractivity contribution in [1.82, 2.24) is 5.43 Å². The fourth-order valence-corrected chi connectivity index (χ4v) is 2.46. The van der Waals surface area contributed by atoms with Crippen LogP contribution < -0.4 is 14.9 Å². The molecule has 0 radical (unpaired) electrons. The van der Waals surface area contributed by atoms with Crippen molar-refractivity contribution in [2.75, 3.05) is 7.11 Å². The van der Waals surface area contributed by atoms with Crippen LogP contribution in [0.5, 0.6) is 11.5 Å². The summed E-state index contributed by atoms with van der Waals surface area (Å²) in [5.74, 6) is -2.09. The molecule has 0 unspecified atom stereocenters. The normalized spacial score (nSPS) is 10.6. The molecule has 0 heterocycles. The van der Waals surface area contributed by atoms with Gasteiger partial charge in [-0.3, -0.25) is 4.79 Å². The number of benzene rings is 3. The van der Waals surface area contributed by atoms with Gasteiger partial charge in [-0.05, 0) is 60.2 Å². The summed E-state index contributed by atoms with van der Waals surface area (Å²) < 4.78 is 37.1. The Hall–Kier alpha value is -4.07. The Balaban J connectivity index is 1.68. The van der Waals surface area contributed by atoms with Crippen LogP contribution >= 0.6 is 0 Å². The summed E-state index contributed by atoms with van der Waals surface area (Å²) >= 11 is 0. The molecule has 3 aromatic carbocycles. The smallest absolute Gasteiger partial charge is 0.343 e. The number of methoxy groups -OCH3 is 1.